The van der Waals surface area contributed by atoms with E-state index in [0.29, 0.717) is 24.4 Å². The zero-order valence-electron chi connectivity index (χ0n) is 21.3. The van der Waals surface area contributed by atoms with Crippen LogP contribution in [0.4, 0.5) is 0 Å². The van der Waals surface area contributed by atoms with Crippen molar-refractivity contribution in [3.63, 3.8) is 0 Å². The van der Waals surface area contributed by atoms with E-state index in [-0.39, 0.29) is 11.8 Å². The van der Waals surface area contributed by atoms with Crippen LogP contribution in [0.5, 0.6) is 0 Å². The van der Waals surface area contributed by atoms with Crippen LogP contribution in [0, 0.1) is 6.92 Å². The molecule has 2 amide bonds. The van der Waals surface area contributed by atoms with Crippen molar-refractivity contribution in [2.75, 3.05) is 0 Å². The van der Waals surface area contributed by atoms with E-state index in [4.69, 9.17) is 5.73 Å². The zero-order valence-corrected chi connectivity index (χ0v) is 21.3. The van der Waals surface area contributed by atoms with Crippen LogP contribution < -0.4 is 16.5 Å². The summed E-state index contributed by atoms with van der Waals surface area (Å²) in [6, 6.07) is 18.9. The highest BCUT2D eigenvalue weighted by Gasteiger charge is 2.43. The van der Waals surface area contributed by atoms with E-state index < -0.39 is 11.6 Å². The Morgan fingerprint density at radius 2 is 1.66 bits per heavy atom. The second-order valence-electron chi connectivity index (χ2n) is 10.9. The Kier molecular flexibility index (Phi) is 7.92. The van der Waals surface area contributed by atoms with E-state index in [1.165, 1.54) is 16.7 Å². The first-order chi connectivity index (χ1) is 16.7. The second kappa shape index (κ2) is 10.9. The third-order valence-electron chi connectivity index (χ3n) is 7.61. The summed E-state index contributed by atoms with van der Waals surface area (Å²) < 4.78 is 0. The molecule has 6 nitrogen and oxygen atoms in total. The number of hydrazine groups is 1. The van der Waals surface area contributed by atoms with E-state index in [1.807, 2.05) is 18.2 Å². The van der Waals surface area contributed by atoms with Crippen molar-refractivity contribution in [2.45, 2.75) is 95.3 Å². The first-order valence-corrected chi connectivity index (χ1v) is 13.0. The normalized spacial score (nSPS) is 23.0. The van der Waals surface area contributed by atoms with Crippen molar-refractivity contribution in [1.82, 2.24) is 15.8 Å². The van der Waals surface area contributed by atoms with Gasteiger partial charge in [-0.15, -0.1) is 0 Å². The molecule has 4 N–H and O–H groups in total. The van der Waals surface area contributed by atoms with Crippen molar-refractivity contribution >= 4 is 11.8 Å². The van der Waals surface area contributed by atoms with Gasteiger partial charge in [0.05, 0.1) is 5.54 Å². The van der Waals surface area contributed by atoms with Gasteiger partial charge in [0.2, 0.25) is 5.91 Å². The summed E-state index contributed by atoms with van der Waals surface area (Å²) >= 11 is 0. The smallest absolute Gasteiger partial charge is 0.256 e. The van der Waals surface area contributed by atoms with Gasteiger partial charge < -0.3 is 11.1 Å². The number of carbonyl (C=O) groups is 2. The molecule has 4 rings (SSSR count). The lowest BCUT2D eigenvalue weighted by Gasteiger charge is -2.40. The highest BCUT2D eigenvalue weighted by Crippen LogP contribution is 2.42. The van der Waals surface area contributed by atoms with Gasteiger partial charge in [0.15, 0.2) is 0 Å². The lowest BCUT2D eigenvalue weighted by molar-refractivity contribution is -0.135. The maximum absolute atomic E-state index is 13.4. The summed E-state index contributed by atoms with van der Waals surface area (Å²) in [5.74, 6) is 0.0850. The van der Waals surface area contributed by atoms with E-state index >= 15 is 0 Å². The van der Waals surface area contributed by atoms with E-state index in [1.54, 1.807) is 13.8 Å². The fourth-order valence-electron chi connectivity index (χ4n) is 5.63. The Balaban J connectivity index is 1.40. The van der Waals surface area contributed by atoms with Crippen molar-refractivity contribution in [1.29, 1.82) is 0 Å². The number of nitrogens with two attached hydrogens (primary N) is 1. The average molecular weight is 477 g/mol. The lowest BCUT2D eigenvalue weighted by atomic mass is 9.84. The standard InChI is InChI=1S/C29H40N4O2/c1-20-10-7-8-14-25(20)22-18-23-16-17-24(19-22)33(23)32-27(34)26(31-28(35)29(2,3)30)15-9-13-21-11-5-4-6-12-21/h4-8,10-12,14,22-24,26H,9,13,15-19,30H2,1-3H3,(H,31,35)(H,32,34). The number of rotatable bonds is 9. The molecule has 2 aliphatic heterocycles. The molecule has 3 atom stereocenters. The third kappa shape index (κ3) is 6.30. The summed E-state index contributed by atoms with van der Waals surface area (Å²) in [4.78, 5) is 26.1. The highest BCUT2D eigenvalue weighted by atomic mass is 16.2. The maximum atomic E-state index is 13.4. The van der Waals surface area contributed by atoms with Gasteiger partial charge in [0.1, 0.15) is 6.04 Å². The molecule has 2 fully saturated rings. The van der Waals surface area contributed by atoms with Crippen LogP contribution in [0.3, 0.4) is 0 Å². The topological polar surface area (TPSA) is 87.5 Å². The fraction of sp³-hybridized carbons (Fsp3) is 0.517. The molecule has 2 aromatic rings. The van der Waals surface area contributed by atoms with Crippen molar-refractivity contribution in [2.24, 2.45) is 5.73 Å². The van der Waals surface area contributed by atoms with Gasteiger partial charge in [-0.25, -0.2) is 5.01 Å². The summed E-state index contributed by atoms with van der Waals surface area (Å²) in [6.07, 6.45) is 6.50. The number of carbonyl (C=O) groups excluding carboxylic acids is 2. The molecular formula is C29H40N4O2. The number of nitrogens with zero attached hydrogens (tertiary/aromatic N) is 1. The Morgan fingerprint density at radius 1 is 1.03 bits per heavy atom. The Bertz CT molecular complexity index is 1000. The molecule has 2 heterocycles. The molecule has 188 valence electrons. The van der Waals surface area contributed by atoms with Crippen LogP contribution >= 0.6 is 0 Å². The van der Waals surface area contributed by atoms with Gasteiger partial charge in [-0.1, -0.05) is 54.6 Å². The predicted molar refractivity (Wildman–Crippen MR) is 140 cm³/mol. The number of hydrogen-bond donors (Lipinski definition) is 3. The van der Waals surface area contributed by atoms with Crippen LogP contribution in [0.2, 0.25) is 0 Å². The molecule has 0 aromatic heterocycles. The average Bonchev–Trinajstić information content (AvgIpc) is 3.05. The number of hydrogen-bond acceptors (Lipinski definition) is 4. The van der Waals surface area contributed by atoms with Gasteiger partial charge in [-0.3, -0.25) is 15.0 Å². The number of fused-ring (bicyclic) bond motifs is 2. The van der Waals surface area contributed by atoms with Crippen LogP contribution in [0.1, 0.15) is 75.0 Å². The Hall–Kier alpha value is -2.70. The van der Waals surface area contributed by atoms with Crippen molar-refractivity contribution in [3.8, 4) is 0 Å². The van der Waals surface area contributed by atoms with Gasteiger partial charge in [0.25, 0.3) is 5.91 Å². The maximum Gasteiger partial charge on any atom is 0.256 e. The molecule has 35 heavy (non-hydrogen) atoms. The predicted octanol–water partition coefficient (Wildman–Crippen LogP) is 3.98. The molecule has 2 aliphatic rings. The number of piperidine rings is 1. The molecule has 0 saturated carbocycles. The summed E-state index contributed by atoms with van der Waals surface area (Å²) in [6.45, 7) is 5.52. The Morgan fingerprint density at radius 3 is 2.29 bits per heavy atom. The SMILES string of the molecule is Cc1ccccc1C1CC2CCC(C1)N2NC(=O)C(CCCc1ccccc1)NC(=O)C(C)(C)N. The van der Waals surface area contributed by atoms with Crippen LogP contribution in [0.25, 0.3) is 0 Å². The van der Waals surface area contributed by atoms with E-state index in [9.17, 15) is 9.59 Å². The van der Waals surface area contributed by atoms with Crippen LogP contribution in [-0.4, -0.2) is 40.5 Å². The number of amides is 2. The molecule has 2 saturated heterocycles. The quantitative estimate of drug-likeness (QED) is 0.511. The first kappa shape index (κ1) is 25.4. The number of aryl methyl sites for hydroxylation is 2. The molecular weight excluding hydrogens is 436 g/mol. The largest absolute Gasteiger partial charge is 0.343 e. The molecule has 0 spiro atoms. The van der Waals surface area contributed by atoms with Crippen molar-refractivity contribution in [3.05, 3.63) is 71.3 Å². The molecule has 2 bridgehead atoms. The second-order valence-corrected chi connectivity index (χ2v) is 10.9. The van der Waals surface area contributed by atoms with Gasteiger partial charge in [-0.2, -0.15) is 0 Å². The highest BCUT2D eigenvalue weighted by molar-refractivity contribution is 5.91. The van der Waals surface area contributed by atoms with Crippen LogP contribution in [-0.2, 0) is 16.0 Å². The van der Waals surface area contributed by atoms with E-state index in [0.717, 1.165) is 38.5 Å². The molecule has 0 radical (unpaired) electrons. The first-order valence-electron chi connectivity index (χ1n) is 13.0. The summed E-state index contributed by atoms with van der Waals surface area (Å²) in [5, 5.41) is 5.10. The van der Waals surface area contributed by atoms with Crippen LogP contribution in [0.15, 0.2) is 54.6 Å². The monoisotopic (exact) mass is 476 g/mol. The third-order valence-corrected chi connectivity index (χ3v) is 7.61. The number of nitrogens with one attached hydrogen (secondary N) is 2. The van der Waals surface area contributed by atoms with Gasteiger partial charge in [-0.05, 0) is 88.3 Å². The summed E-state index contributed by atoms with van der Waals surface area (Å²) in [7, 11) is 0. The Labute approximate surface area is 209 Å². The summed E-state index contributed by atoms with van der Waals surface area (Å²) in [5.41, 5.74) is 12.2. The fourth-order valence-corrected chi connectivity index (χ4v) is 5.63. The lowest BCUT2D eigenvalue weighted by Crippen LogP contribution is -2.60. The minimum atomic E-state index is -1.04. The molecule has 3 unspecified atom stereocenters. The molecule has 6 heteroatoms. The zero-order chi connectivity index (χ0) is 25.0. The van der Waals surface area contributed by atoms with Gasteiger partial charge in [0, 0.05) is 12.1 Å². The number of benzene rings is 2. The van der Waals surface area contributed by atoms with Gasteiger partial charge >= 0.3 is 0 Å². The minimum Gasteiger partial charge on any atom is -0.343 e. The van der Waals surface area contributed by atoms with Crippen molar-refractivity contribution < 1.29 is 9.59 Å². The molecule has 2 aromatic carbocycles. The van der Waals surface area contributed by atoms with E-state index in [2.05, 4.69) is 59.1 Å². The minimum absolute atomic E-state index is 0.137. The molecule has 0 aliphatic carbocycles.